The van der Waals surface area contributed by atoms with Crippen molar-refractivity contribution in [3.63, 3.8) is 0 Å². The molecule has 21 heavy (non-hydrogen) atoms. The van der Waals surface area contributed by atoms with Crippen molar-refractivity contribution < 1.29 is 21.6 Å². The SMILES string of the molecule is CCN[C@H]1CN(CC=O)S(=O)(=O)c2sc(S(N)(=O)=O)cc21. The Hall–Kier alpha value is -0.850. The van der Waals surface area contributed by atoms with Gasteiger partial charge in [0.2, 0.25) is 10.0 Å². The molecule has 1 aromatic rings. The maximum atomic E-state index is 12.4. The highest BCUT2D eigenvalue weighted by Gasteiger charge is 2.39. The van der Waals surface area contributed by atoms with Crippen LogP contribution in [0.4, 0.5) is 0 Å². The van der Waals surface area contributed by atoms with Gasteiger partial charge in [0, 0.05) is 18.2 Å². The van der Waals surface area contributed by atoms with Gasteiger partial charge in [-0.05, 0) is 12.6 Å². The Bertz CT molecular complexity index is 753. The summed E-state index contributed by atoms with van der Waals surface area (Å²) in [5.74, 6) is 0. The molecule has 2 heterocycles. The number of carbonyl (C=O) groups is 1. The van der Waals surface area contributed by atoms with E-state index in [0.717, 1.165) is 4.31 Å². The van der Waals surface area contributed by atoms with E-state index in [1.165, 1.54) is 6.07 Å². The molecule has 1 aromatic heterocycles. The van der Waals surface area contributed by atoms with E-state index in [2.05, 4.69) is 5.32 Å². The summed E-state index contributed by atoms with van der Waals surface area (Å²) in [6, 6.07) is 0.915. The molecule has 1 atom stereocenters. The molecule has 0 radical (unpaired) electrons. The van der Waals surface area contributed by atoms with Crippen LogP contribution in [0.1, 0.15) is 18.5 Å². The molecule has 0 fully saturated rings. The Morgan fingerprint density at radius 1 is 1.57 bits per heavy atom. The van der Waals surface area contributed by atoms with Crippen LogP contribution in [-0.2, 0) is 24.8 Å². The Morgan fingerprint density at radius 3 is 2.76 bits per heavy atom. The van der Waals surface area contributed by atoms with Crippen molar-refractivity contribution in [1.82, 2.24) is 9.62 Å². The van der Waals surface area contributed by atoms with E-state index in [0.29, 0.717) is 29.7 Å². The molecule has 118 valence electrons. The van der Waals surface area contributed by atoms with E-state index in [1.807, 2.05) is 6.92 Å². The van der Waals surface area contributed by atoms with Crippen LogP contribution in [0.3, 0.4) is 0 Å². The lowest BCUT2D eigenvalue weighted by molar-refractivity contribution is -0.108. The molecule has 0 aromatic carbocycles. The monoisotopic (exact) mass is 353 g/mol. The zero-order valence-electron chi connectivity index (χ0n) is 11.1. The normalized spacial score (nSPS) is 21.9. The van der Waals surface area contributed by atoms with Gasteiger partial charge in [-0.1, -0.05) is 6.92 Å². The molecular weight excluding hydrogens is 338 g/mol. The first-order chi connectivity index (χ1) is 9.71. The zero-order chi connectivity index (χ0) is 15.8. The number of hydrogen-bond acceptors (Lipinski definition) is 7. The van der Waals surface area contributed by atoms with Crippen molar-refractivity contribution in [3.8, 4) is 0 Å². The highest BCUT2D eigenvalue weighted by molar-refractivity contribution is 7.94. The molecular formula is C10H15N3O5S3. The molecule has 0 saturated carbocycles. The van der Waals surface area contributed by atoms with Crippen molar-refractivity contribution >= 4 is 37.7 Å². The van der Waals surface area contributed by atoms with Gasteiger partial charge in [-0.2, -0.15) is 4.31 Å². The van der Waals surface area contributed by atoms with Gasteiger partial charge >= 0.3 is 0 Å². The van der Waals surface area contributed by atoms with E-state index >= 15 is 0 Å². The lowest BCUT2D eigenvalue weighted by atomic mass is 10.1. The minimum atomic E-state index is -3.98. The Balaban J connectivity index is 2.62. The predicted octanol–water partition coefficient (Wildman–Crippen LogP) is -0.751. The van der Waals surface area contributed by atoms with Gasteiger partial charge in [0.05, 0.1) is 6.54 Å². The molecule has 0 amide bonds. The molecule has 0 unspecified atom stereocenters. The third-order valence-electron chi connectivity index (χ3n) is 3.05. The standard InChI is InChI=1S/C10H15N3O5S3/c1-2-12-8-6-13(3-4-14)21(17,18)10-7(8)5-9(19-10)20(11,15)16/h4-5,8,12H,2-3,6H2,1H3,(H2,11,15,16)/t8-/m0/s1. The van der Waals surface area contributed by atoms with E-state index in [4.69, 9.17) is 5.14 Å². The molecule has 1 aliphatic heterocycles. The van der Waals surface area contributed by atoms with Gasteiger partial charge in [-0.25, -0.2) is 22.0 Å². The van der Waals surface area contributed by atoms with Crippen LogP contribution in [-0.4, -0.2) is 47.1 Å². The molecule has 0 bridgehead atoms. The molecule has 1 aliphatic rings. The van der Waals surface area contributed by atoms with Crippen LogP contribution in [0.25, 0.3) is 0 Å². The zero-order valence-corrected chi connectivity index (χ0v) is 13.6. The second-order valence-corrected chi connectivity index (χ2v) is 9.43. The number of carbonyl (C=O) groups excluding carboxylic acids is 1. The fourth-order valence-electron chi connectivity index (χ4n) is 2.14. The first-order valence-electron chi connectivity index (χ1n) is 6.05. The topological polar surface area (TPSA) is 127 Å². The second kappa shape index (κ2) is 5.74. The summed E-state index contributed by atoms with van der Waals surface area (Å²) in [7, 11) is -7.85. The highest BCUT2D eigenvalue weighted by atomic mass is 32.3. The fraction of sp³-hybridized carbons (Fsp3) is 0.500. The van der Waals surface area contributed by atoms with Gasteiger partial charge in [0.1, 0.15) is 14.7 Å². The quantitative estimate of drug-likeness (QED) is 0.671. The van der Waals surface area contributed by atoms with Crippen molar-refractivity contribution in [3.05, 3.63) is 11.6 Å². The minimum Gasteiger partial charge on any atom is -0.309 e. The van der Waals surface area contributed by atoms with E-state index in [1.54, 1.807) is 0 Å². The molecule has 0 aliphatic carbocycles. The summed E-state index contributed by atoms with van der Waals surface area (Å²) >= 11 is 0.610. The average Bonchev–Trinajstić information content (AvgIpc) is 2.82. The number of nitrogens with two attached hydrogens (primary N) is 1. The van der Waals surface area contributed by atoms with Crippen LogP contribution < -0.4 is 10.5 Å². The number of primary sulfonamides is 1. The number of nitrogens with one attached hydrogen (secondary N) is 1. The van der Waals surface area contributed by atoms with E-state index < -0.39 is 20.0 Å². The molecule has 0 saturated heterocycles. The number of likely N-dealkylation sites (N-methyl/N-ethyl adjacent to an activating group) is 1. The van der Waals surface area contributed by atoms with Crippen LogP contribution in [0.2, 0.25) is 0 Å². The number of nitrogens with zero attached hydrogens (tertiary/aromatic N) is 1. The second-order valence-electron chi connectivity index (χ2n) is 4.45. The van der Waals surface area contributed by atoms with Crippen molar-refractivity contribution in [2.45, 2.75) is 21.4 Å². The van der Waals surface area contributed by atoms with Gasteiger partial charge in [0.25, 0.3) is 10.0 Å². The number of fused-ring (bicyclic) bond motifs is 1. The van der Waals surface area contributed by atoms with Crippen molar-refractivity contribution in [2.75, 3.05) is 19.6 Å². The Labute approximate surface area is 127 Å². The summed E-state index contributed by atoms with van der Waals surface area (Å²) in [6.45, 7) is 2.22. The third-order valence-corrected chi connectivity index (χ3v) is 7.98. The number of hydrogen-bond donors (Lipinski definition) is 2. The molecule has 8 nitrogen and oxygen atoms in total. The first kappa shape index (κ1) is 16.5. The third kappa shape index (κ3) is 3.03. The summed E-state index contributed by atoms with van der Waals surface area (Å²) in [4.78, 5) is 10.7. The van der Waals surface area contributed by atoms with Crippen LogP contribution in [0.5, 0.6) is 0 Å². The van der Waals surface area contributed by atoms with Crippen molar-refractivity contribution in [1.29, 1.82) is 0 Å². The highest BCUT2D eigenvalue weighted by Crippen LogP contribution is 2.39. The maximum Gasteiger partial charge on any atom is 0.253 e. The predicted molar refractivity (Wildman–Crippen MR) is 76.9 cm³/mol. The van der Waals surface area contributed by atoms with Gasteiger partial charge in [-0.3, -0.25) is 0 Å². The summed E-state index contributed by atoms with van der Waals surface area (Å²) in [5.41, 5.74) is 0.382. The molecule has 2 rings (SSSR count). The first-order valence-corrected chi connectivity index (χ1v) is 9.85. The fourth-order valence-corrected chi connectivity index (χ4v) is 6.34. The maximum absolute atomic E-state index is 12.4. The van der Waals surface area contributed by atoms with Crippen LogP contribution >= 0.6 is 11.3 Å². The number of aldehydes is 1. The summed E-state index contributed by atoms with van der Waals surface area (Å²) < 4.78 is 48.4. The lowest BCUT2D eigenvalue weighted by Gasteiger charge is -2.31. The largest absolute Gasteiger partial charge is 0.309 e. The Morgan fingerprint density at radius 2 is 2.24 bits per heavy atom. The van der Waals surface area contributed by atoms with Gasteiger partial charge in [0.15, 0.2) is 0 Å². The van der Waals surface area contributed by atoms with Crippen LogP contribution in [0.15, 0.2) is 14.5 Å². The lowest BCUT2D eigenvalue weighted by Crippen LogP contribution is -2.44. The van der Waals surface area contributed by atoms with Crippen LogP contribution in [0, 0.1) is 0 Å². The summed E-state index contributed by atoms with van der Waals surface area (Å²) in [6.07, 6.45) is 0.500. The summed E-state index contributed by atoms with van der Waals surface area (Å²) in [5, 5.41) is 8.15. The van der Waals surface area contributed by atoms with Gasteiger partial charge in [-0.15, -0.1) is 11.3 Å². The average molecular weight is 353 g/mol. The smallest absolute Gasteiger partial charge is 0.253 e. The van der Waals surface area contributed by atoms with E-state index in [9.17, 15) is 21.6 Å². The molecule has 3 N–H and O–H groups in total. The number of thiophene rings is 1. The Kier molecular flexibility index (Phi) is 4.52. The van der Waals surface area contributed by atoms with E-state index in [-0.39, 0.29) is 27.5 Å². The number of sulfonamides is 2. The molecule has 11 heteroatoms. The molecule has 0 spiro atoms. The minimum absolute atomic E-state index is 0.0721. The van der Waals surface area contributed by atoms with Gasteiger partial charge < -0.3 is 10.1 Å². The number of rotatable bonds is 5. The van der Waals surface area contributed by atoms with Crippen molar-refractivity contribution in [2.24, 2.45) is 5.14 Å².